The maximum Gasteiger partial charge on any atom is 0.304 e. The van der Waals surface area contributed by atoms with Crippen LogP contribution in [0, 0.1) is 17.0 Å². The van der Waals surface area contributed by atoms with Crippen LogP contribution in [0.2, 0.25) is 0 Å². The number of anilines is 3. The Morgan fingerprint density at radius 3 is 2.42 bits per heavy atom. The van der Waals surface area contributed by atoms with Crippen molar-refractivity contribution in [1.82, 2.24) is 24.2 Å². The molecule has 0 aromatic carbocycles. The SMILES string of the molecule is Cc1c(CN2CCN(S(C)(=O)=O)CC2)sc2c(N3CCOCC3)nc(-c3cnc(N)nc3N)c([N+](=O)[O-])c12. The Kier molecular flexibility index (Phi) is 7.08. The molecule has 0 bridgehead atoms. The van der Waals surface area contributed by atoms with E-state index in [9.17, 15) is 18.5 Å². The van der Waals surface area contributed by atoms with Crippen LogP contribution in [0.15, 0.2) is 6.20 Å². The topological polar surface area (TPSA) is 187 Å². The van der Waals surface area contributed by atoms with Gasteiger partial charge in [-0.2, -0.15) is 9.29 Å². The Labute approximate surface area is 223 Å². The molecule has 3 aromatic heterocycles. The second-order valence-corrected chi connectivity index (χ2v) is 12.4. The van der Waals surface area contributed by atoms with Gasteiger partial charge in [-0.25, -0.2) is 18.4 Å². The average molecular weight is 564 g/mol. The van der Waals surface area contributed by atoms with Gasteiger partial charge in [-0.15, -0.1) is 11.3 Å². The number of aromatic nitrogens is 3. The Morgan fingerprint density at radius 1 is 1.13 bits per heavy atom. The number of morpholine rings is 1. The highest BCUT2D eigenvalue weighted by Crippen LogP contribution is 2.47. The van der Waals surface area contributed by atoms with Gasteiger partial charge in [0.25, 0.3) is 0 Å². The summed E-state index contributed by atoms with van der Waals surface area (Å²) in [4.78, 5) is 30.1. The minimum absolute atomic E-state index is 0.0113. The largest absolute Gasteiger partial charge is 0.383 e. The molecule has 38 heavy (non-hydrogen) atoms. The van der Waals surface area contributed by atoms with Crippen LogP contribution in [0.5, 0.6) is 0 Å². The van der Waals surface area contributed by atoms with Crippen LogP contribution in [0.25, 0.3) is 21.3 Å². The molecular formula is C22H29N9O5S2. The second-order valence-electron chi connectivity index (χ2n) is 9.31. The molecular weight excluding hydrogens is 534 g/mol. The molecule has 5 rings (SSSR count). The standard InChI is InChI=1S/C22H29N9O5S2/c1-13-15(12-28-3-5-30(6-4-28)38(2,34)35)37-19-16(13)18(31(32)33)17(14-11-25-22(24)27-20(14)23)26-21(19)29-7-9-36-10-8-29/h11H,3-10,12H2,1-2H3,(H4,23,24,25,27). The molecule has 4 N–H and O–H groups in total. The molecule has 16 heteroatoms. The first-order valence-corrected chi connectivity index (χ1v) is 14.7. The van der Waals surface area contributed by atoms with Gasteiger partial charge in [-0.05, 0) is 12.5 Å². The molecule has 2 fully saturated rings. The fourth-order valence-electron chi connectivity index (χ4n) is 4.85. The summed E-state index contributed by atoms with van der Waals surface area (Å²) in [5.41, 5.74) is 12.8. The molecule has 0 saturated carbocycles. The molecule has 2 aliphatic rings. The van der Waals surface area contributed by atoms with Crippen LogP contribution >= 0.6 is 11.3 Å². The van der Waals surface area contributed by atoms with Crippen LogP contribution in [-0.2, 0) is 21.3 Å². The maximum absolute atomic E-state index is 12.5. The minimum Gasteiger partial charge on any atom is -0.383 e. The lowest BCUT2D eigenvalue weighted by molar-refractivity contribution is -0.382. The highest BCUT2D eigenvalue weighted by atomic mass is 32.2. The maximum atomic E-state index is 12.5. The monoisotopic (exact) mass is 563 g/mol. The van der Waals surface area contributed by atoms with Crippen LogP contribution in [0.3, 0.4) is 0 Å². The smallest absolute Gasteiger partial charge is 0.304 e. The van der Waals surface area contributed by atoms with E-state index in [0.29, 0.717) is 70.2 Å². The number of hydrogen-bond donors (Lipinski definition) is 2. The minimum atomic E-state index is -3.24. The van der Waals surface area contributed by atoms with E-state index in [-0.39, 0.29) is 28.7 Å². The number of thiophene rings is 1. The van der Waals surface area contributed by atoms with Crippen molar-refractivity contribution < 1.29 is 18.1 Å². The lowest BCUT2D eigenvalue weighted by Crippen LogP contribution is -2.47. The molecule has 0 atom stereocenters. The zero-order valence-electron chi connectivity index (χ0n) is 21.1. The van der Waals surface area contributed by atoms with Crippen LogP contribution in [0.4, 0.5) is 23.3 Å². The number of ether oxygens (including phenoxy) is 1. The third kappa shape index (κ3) is 4.96. The van der Waals surface area contributed by atoms with E-state index in [1.165, 1.54) is 28.1 Å². The number of piperazine rings is 1. The quantitative estimate of drug-likeness (QED) is 0.321. The first-order chi connectivity index (χ1) is 18.0. The van der Waals surface area contributed by atoms with Gasteiger partial charge in [-0.3, -0.25) is 15.0 Å². The van der Waals surface area contributed by atoms with Gasteiger partial charge < -0.3 is 21.1 Å². The first kappa shape index (κ1) is 26.4. The molecule has 0 unspecified atom stereocenters. The third-order valence-corrected chi connectivity index (χ3v) is 9.46. The molecule has 5 heterocycles. The third-order valence-electron chi connectivity index (χ3n) is 6.88. The first-order valence-electron chi connectivity index (χ1n) is 12.0. The highest BCUT2D eigenvalue weighted by molar-refractivity contribution is 7.88. The van der Waals surface area contributed by atoms with Crippen molar-refractivity contribution >= 4 is 54.7 Å². The normalized spacial score (nSPS) is 17.8. The Morgan fingerprint density at radius 2 is 1.82 bits per heavy atom. The van der Waals surface area contributed by atoms with Crippen LogP contribution in [-0.4, -0.2) is 96.2 Å². The summed E-state index contributed by atoms with van der Waals surface area (Å²) in [6.45, 7) is 6.60. The number of fused-ring (bicyclic) bond motifs is 1. The van der Waals surface area contributed by atoms with Crippen LogP contribution in [0.1, 0.15) is 10.4 Å². The fraction of sp³-hybridized carbons (Fsp3) is 0.500. The predicted molar refractivity (Wildman–Crippen MR) is 146 cm³/mol. The van der Waals surface area contributed by atoms with Gasteiger partial charge >= 0.3 is 5.69 Å². The molecule has 0 aliphatic carbocycles. The summed E-state index contributed by atoms with van der Waals surface area (Å²) in [7, 11) is -3.24. The van der Waals surface area contributed by atoms with E-state index in [0.717, 1.165) is 15.1 Å². The Balaban J connectivity index is 1.64. The molecule has 3 aromatic rings. The number of sulfonamides is 1. The highest BCUT2D eigenvalue weighted by Gasteiger charge is 2.33. The van der Waals surface area contributed by atoms with Gasteiger partial charge in [0, 0.05) is 56.9 Å². The summed E-state index contributed by atoms with van der Waals surface area (Å²) in [5, 5.41) is 13.0. The van der Waals surface area contributed by atoms with Gasteiger partial charge in [-0.1, -0.05) is 0 Å². The molecule has 204 valence electrons. The Bertz CT molecular complexity index is 1500. The van der Waals surface area contributed by atoms with E-state index < -0.39 is 14.9 Å². The molecule has 2 aliphatic heterocycles. The van der Waals surface area contributed by atoms with Crippen molar-refractivity contribution in [3.8, 4) is 11.3 Å². The van der Waals surface area contributed by atoms with Crippen molar-refractivity contribution in [2.75, 3.05) is 75.1 Å². The van der Waals surface area contributed by atoms with Crippen molar-refractivity contribution in [3.05, 3.63) is 26.8 Å². The van der Waals surface area contributed by atoms with E-state index in [2.05, 4.69) is 19.8 Å². The number of nitro groups is 1. The van der Waals surface area contributed by atoms with E-state index >= 15 is 0 Å². The van der Waals surface area contributed by atoms with Gasteiger partial charge in [0.1, 0.15) is 11.6 Å². The molecule has 0 amide bonds. The second kappa shape index (κ2) is 10.2. The number of rotatable bonds is 6. The average Bonchev–Trinajstić information content (AvgIpc) is 3.19. The van der Waals surface area contributed by atoms with Crippen molar-refractivity contribution in [2.45, 2.75) is 13.5 Å². The van der Waals surface area contributed by atoms with Gasteiger partial charge in [0.15, 0.2) is 5.69 Å². The van der Waals surface area contributed by atoms with Crippen molar-refractivity contribution in [1.29, 1.82) is 0 Å². The van der Waals surface area contributed by atoms with Crippen molar-refractivity contribution in [2.24, 2.45) is 0 Å². The number of hydrogen-bond acceptors (Lipinski definition) is 13. The number of pyridine rings is 1. The lowest BCUT2D eigenvalue weighted by Gasteiger charge is -2.33. The summed E-state index contributed by atoms with van der Waals surface area (Å²) in [5.74, 6) is 0.604. The zero-order valence-corrected chi connectivity index (χ0v) is 22.7. The lowest BCUT2D eigenvalue weighted by atomic mass is 10.1. The van der Waals surface area contributed by atoms with E-state index in [1.807, 2.05) is 6.92 Å². The van der Waals surface area contributed by atoms with E-state index in [1.54, 1.807) is 0 Å². The fourth-order valence-corrected chi connectivity index (χ4v) is 7.04. The Hall–Kier alpha value is -3.18. The summed E-state index contributed by atoms with van der Waals surface area (Å²) < 4.78 is 31.5. The molecule has 0 spiro atoms. The number of aryl methyl sites for hydroxylation is 1. The van der Waals surface area contributed by atoms with Crippen LogP contribution < -0.4 is 16.4 Å². The summed E-state index contributed by atoms with van der Waals surface area (Å²) in [6, 6.07) is 0. The predicted octanol–water partition coefficient (Wildman–Crippen LogP) is 1.05. The summed E-state index contributed by atoms with van der Waals surface area (Å²) >= 11 is 1.48. The molecule has 2 saturated heterocycles. The van der Waals surface area contributed by atoms with Gasteiger partial charge in [0.2, 0.25) is 16.0 Å². The molecule has 14 nitrogen and oxygen atoms in total. The van der Waals surface area contributed by atoms with Gasteiger partial charge in [0.05, 0.1) is 40.0 Å². The number of nitrogens with zero attached hydrogens (tertiary/aromatic N) is 7. The zero-order chi connectivity index (χ0) is 27.2. The number of nitrogen functional groups attached to an aromatic ring is 2. The van der Waals surface area contributed by atoms with Crippen molar-refractivity contribution in [3.63, 3.8) is 0 Å². The molecule has 0 radical (unpaired) electrons. The number of nitrogens with two attached hydrogens (primary N) is 2. The van der Waals surface area contributed by atoms with E-state index in [4.69, 9.17) is 21.2 Å². The summed E-state index contributed by atoms with van der Waals surface area (Å²) in [6.07, 6.45) is 2.58.